The molecule has 0 N–H and O–H groups in total. The van der Waals surface area contributed by atoms with Crippen molar-refractivity contribution in [3.8, 4) is 23.0 Å². The SMILES string of the molecule is Cc1ccc(C(=O)Oc2ccc(Oc3ccc(OC(=O)c4ccc(C)c(Br)c4)cc3)cc2)cc1Br. The van der Waals surface area contributed by atoms with Gasteiger partial charge in [-0.25, -0.2) is 9.59 Å². The molecule has 0 aliphatic heterocycles. The minimum atomic E-state index is -0.442. The Kier molecular flexibility index (Phi) is 7.68. The van der Waals surface area contributed by atoms with Crippen LogP contribution in [0.3, 0.4) is 0 Å². The molecule has 4 aromatic carbocycles. The summed E-state index contributed by atoms with van der Waals surface area (Å²) < 4.78 is 18.4. The molecule has 5 nitrogen and oxygen atoms in total. The number of esters is 2. The van der Waals surface area contributed by atoms with Crippen molar-refractivity contribution >= 4 is 43.8 Å². The van der Waals surface area contributed by atoms with Gasteiger partial charge >= 0.3 is 11.9 Å². The number of hydrogen-bond donors (Lipinski definition) is 0. The second-order valence-electron chi connectivity index (χ2n) is 7.75. The maximum absolute atomic E-state index is 12.4. The van der Waals surface area contributed by atoms with Crippen LogP contribution in [0.4, 0.5) is 0 Å². The number of halogens is 2. The summed E-state index contributed by atoms with van der Waals surface area (Å²) in [5, 5.41) is 0. The monoisotopic (exact) mass is 594 g/mol. The van der Waals surface area contributed by atoms with Gasteiger partial charge in [0.25, 0.3) is 0 Å². The average molecular weight is 596 g/mol. The molecular weight excluding hydrogens is 576 g/mol. The molecule has 0 aliphatic carbocycles. The first-order valence-electron chi connectivity index (χ1n) is 10.6. The summed E-state index contributed by atoms with van der Waals surface area (Å²) >= 11 is 6.84. The fourth-order valence-corrected chi connectivity index (χ4v) is 3.82. The van der Waals surface area contributed by atoms with E-state index in [9.17, 15) is 9.59 Å². The number of rotatable bonds is 6. The zero-order chi connectivity index (χ0) is 24.9. The van der Waals surface area contributed by atoms with Crippen LogP contribution < -0.4 is 14.2 Å². The summed E-state index contributed by atoms with van der Waals surface area (Å²) in [5.41, 5.74) is 2.99. The van der Waals surface area contributed by atoms with Gasteiger partial charge in [-0.1, -0.05) is 44.0 Å². The van der Waals surface area contributed by atoms with Crippen molar-refractivity contribution in [2.75, 3.05) is 0 Å². The first-order chi connectivity index (χ1) is 16.8. The zero-order valence-electron chi connectivity index (χ0n) is 18.9. The molecule has 35 heavy (non-hydrogen) atoms. The van der Waals surface area contributed by atoms with E-state index in [0.29, 0.717) is 34.1 Å². The van der Waals surface area contributed by atoms with Gasteiger partial charge in [0.1, 0.15) is 23.0 Å². The number of carbonyl (C=O) groups is 2. The molecule has 0 saturated carbocycles. The highest BCUT2D eigenvalue weighted by Gasteiger charge is 2.12. The van der Waals surface area contributed by atoms with Crippen LogP contribution in [-0.2, 0) is 0 Å². The summed E-state index contributed by atoms with van der Waals surface area (Å²) in [6.45, 7) is 3.89. The van der Waals surface area contributed by atoms with E-state index in [0.717, 1.165) is 20.1 Å². The van der Waals surface area contributed by atoms with Crippen LogP contribution >= 0.6 is 31.9 Å². The average Bonchev–Trinajstić information content (AvgIpc) is 2.85. The quantitative estimate of drug-likeness (QED) is 0.167. The van der Waals surface area contributed by atoms with Crippen LogP contribution in [0.15, 0.2) is 93.9 Å². The molecule has 0 aliphatic rings. The Morgan fingerprint density at radius 3 is 1.23 bits per heavy atom. The minimum absolute atomic E-state index is 0.407. The fourth-order valence-electron chi connectivity index (χ4n) is 3.06. The van der Waals surface area contributed by atoms with Crippen LogP contribution in [0.5, 0.6) is 23.0 Å². The maximum Gasteiger partial charge on any atom is 0.343 e. The molecule has 0 bridgehead atoms. The lowest BCUT2D eigenvalue weighted by Crippen LogP contribution is -2.08. The molecule has 4 aromatic rings. The lowest BCUT2D eigenvalue weighted by Gasteiger charge is -2.09. The number of carbonyl (C=O) groups excluding carboxylic acids is 2. The number of ether oxygens (including phenoxy) is 3. The highest BCUT2D eigenvalue weighted by Crippen LogP contribution is 2.27. The van der Waals surface area contributed by atoms with Crippen molar-refractivity contribution < 1.29 is 23.8 Å². The van der Waals surface area contributed by atoms with E-state index < -0.39 is 11.9 Å². The van der Waals surface area contributed by atoms with E-state index in [-0.39, 0.29) is 0 Å². The molecule has 0 fully saturated rings. The van der Waals surface area contributed by atoms with E-state index in [1.54, 1.807) is 72.8 Å². The van der Waals surface area contributed by atoms with Crippen molar-refractivity contribution in [2.24, 2.45) is 0 Å². The van der Waals surface area contributed by atoms with Gasteiger partial charge < -0.3 is 14.2 Å². The Bertz CT molecular complexity index is 1270. The highest BCUT2D eigenvalue weighted by molar-refractivity contribution is 9.10. The van der Waals surface area contributed by atoms with Crippen LogP contribution in [0.25, 0.3) is 0 Å². The lowest BCUT2D eigenvalue weighted by atomic mass is 10.1. The van der Waals surface area contributed by atoms with Crippen molar-refractivity contribution in [1.29, 1.82) is 0 Å². The van der Waals surface area contributed by atoms with Gasteiger partial charge in [-0.15, -0.1) is 0 Å². The fraction of sp³-hybridized carbons (Fsp3) is 0.0714. The molecule has 0 saturated heterocycles. The zero-order valence-corrected chi connectivity index (χ0v) is 22.1. The van der Waals surface area contributed by atoms with Gasteiger partial charge in [-0.3, -0.25) is 0 Å². The number of aryl methyl sites for hydroxylation is 2. The van der Waals surface area contributed by atoms with Gasteiger partial charge in [0.05, 0.1) is 11.1 Å². The number of hydrogen-bond acceptors (Lipinski definition) is 5. The lowest BCUT2D eigenvalue weighted by molar-refractivity contribution is 0.0725. The summed E-state index contributed by atoms with van der Waals surface area (Å²) in [5.74, 6) is 1.06. The van der Waals surface area contributed by atoms with Gasteiger partial charge in [0.2, 0.25) is 0 Å². The Hall–Kier alpha value is -3.42. The van der Waals surface area contributed by atoms with Crippen molar-refractivity contribution in [1.82, 2.24) is 0 Å². The van der Waals surface area contributed by atoms with Gasteiger partial charge in [0, 0.05) is 8.95 Å². The Morgan fingerprint density at radius 2 is 0.886 bits per heavy atom. The van der Waals surface area contributed by atoms with Gasteiger partial charge in [-0.2, -0.15) is 0 Å². The van der Waals surface area contributed by atoms with Crippen LogP contribution in [0.2, 0.25) is 0 Å². The molecule has 0 spiro atoms. The molecule has 4 rings (SSSR count). The first-order valence-corrected chi connectivity index (χ1v) is 12.2. The molecule has 0 heterocycles. The standard InChI is InChI=1S/C28H20Br2O5/c1-17-3-5-19(15-25(17)29)27(31)34-23-11-7-21(8-12-23)33-22-9-13-24(14-10-22)35-28(32)20-6-4-18(2)26(30)16-20/h3-16H,1-2H3. The largest absolute Gasteiger partial charge is 0.457 e. The second-order valence-corrected chi connectivity index (χ2v) is 9.46. The van der Waals surface area contributed by atoms with E-state index in [4.69, 9.17) is 14.2 Å². The normalized spacial score (nSPS) is 10.5. The van der Waals surface area contributed by atoms with Crippen molar-refractivity contribution in [2.45, 2.75) is 13.8 Å². The number of benzene rings is 4. The maximum atomic E-state index is 12.4. The van der Waals surface area contributed by atoms with E-state index in [1.165, 1.54) is 0 Å². The third-order valence-electron chi connectivity index (χ3n) is 5.12. The molecule has 176 valence electrons. The predicted octanol–water partition coefficient (Wildman–Crippen LogP) is 8.06. The summed E-state index contributed by atoms with van der Waals surface area (Å²) in [4.78, 5) is 24.7. The second kappa shape index (κ2) is 10.9. The van der Waals surface area contributed by atoms with Crippen molar-refractivity contribution in [3.63, 3.8) is 0 Å². The molecule has 0 atom stereocenters. The molecule has 0 radical (unpaired) electrons. The van der Waals surface area contributed by atoms with Gasteiger partial charge in [-0.05, 0) is 97.8 Å². The summed E-state index contributed by atoms with van der Waals surface area (Å²) in [7, 11) is 0. The van der Waals surface area contributed by atoms with Crippen LogP contribution in [-0.4, -0.2) is 11.9 Å². The Balaban J connectivity index is 1.34. The molecule has 0 aromatic heterocycles. The van der Waals surface area contributed by atoms with Crippen LogP contribution in [0, 0.1) is 13.8 Å². The third kappa shape index (κ3) is 6.38. The van der Waals surface area contributed by atoms with Crippen molar-refractivity contribution in [3.05, 3.63) is 116 Å². The predicted molar refractivity (Wildman–Crippen MR) is 141 cm³/mol. The van der Waals surface area contributed by atoms with E-state index in [1.807, 2.05) is 26.0 Å². The van der Waals surface area contributed by atoms with E-state index >= 15 is 0 Å². The Labute approximate surface area is 219 Å². The summed E-state index contributed by atoms with van der Waals surface area (Å²) in [6.07, 6.45) is 0. The summed E-state index contributed by atoms with van der Waals surface area (Å²) in [6, 6.07) is 24.1. The first kappa shape index (κ1) is 24.7. The van der Waals surface area contributed by atoms with Gasteiger partial charge in [0.15, 0.2) is 0 Å². The van der Waals surface area contributed by atoms with E-state index in [2.05, 4.69) is 31.9 Å². The topological polar surface area (TPSA) is 61.8 Å². The van der Waals surface area contributed by atoms with Crippen LogP contribution in [0.1, 0.15) is 31.8 Å². The molecule has 7 heteroatoms. The highest BCUT2D eigenvalue weighted by atomic mass is 79.9. The molecule has 0 amide bonds. The molecule has 0 unspecified atom stereocenters. The smallest absolute Gasteiger partial charge is 0.343 e. The minimum Gasteiger partial charge on any atom is -0.457 e. The molecular formula is C28H20Br2O5. The third-order valence-corrected chi connectivity index (χ3v) is 6.83. The Morgan fingerprint density at radius 1 is 0.543 bits per heavy atom.